The fourth-order valence-corrected chi connectivity index (χ4v) is 1.58. The summed E-state index contributed by atoms with van der Waals surface area (Å²) in [5.41, 5.74) is 2.22. The molecule has 0 fully saturated rings. The van der Waals surface area contributed by atoms with Gasteiger partial charge < -0.3 is 9.64 Å². The van der Waals surface area contributed by atoms with Crippen LogP contribution in [0.1, 0.15) is 5.56 Å². The van der Waals surface area contributed by atoms with E-state index in [2.05, 4.69) is 17.0 Å². The smallest absolute Gasteiger partial charge is 0.321 e. The van der Waals surface area contributed by atoms with Crippen molar-refractivity contribution < 1.29 is 9.53 Å². The van der Waals surface area contributed by atoms with E-state index in [4.69, 9.17) is 16.3 Å². The molecule has 0 radical (unpaired) electrons. The number of nitrogens with zero attached hydrogens (tertiary/aromatic N) is 1. The van der Waals surface area contributed by atoms with Gasteiger partial charge in [-0.05, 0) is 17.7 Å². The van der Waals surface area contributed by atoms with Crippen molar-refractivity contribution in [2.24, 2.45) is 0 Å². The van der Waals surface area contributed by atoms with E-state index < -0.39 is 0 Å². The average Bonchev–Trinajstić information content (AvgIpc) is 2.55. The molecule has 0 saturated heterocycles. The molecule has 0 aliphatic heterocycles. The molecule has 0 atom stereocenters. The quantitative estimate of drug-likeness (QED) is 0.637. The van der Waals surface area contributed by atoms with Gasteiger partial charge in [-0.1, -0.05) is 48.5 Å². The second-order valence-electron chi connectivity index (χ2n) is 4.51. The van der Waals surface area contributed by atoms with Gasteiger partial charge in [-0.25, -0.2) is 0 Å². The number of anilines is 1. The van der Waals surface area contributed by atoms with Gasteiger partial charge >= 0.3 is 5.97 Å². The minimum atomic E-state index is -0.388. The van der Waals surface area contributed by atoms with Gasteiger partial charge in [-0.2, -0.15) is 0 Å². The fraction of sp³-hybridized carbons (Fsp3) is 0.235. The molecule has 0 heterocycles. The van der Waals surface area contributed by atoms with Gasteiger partial charge in [0.1, 0.15) is 12.5 Å². The summed E-state index contributed by atoms with van der Waals surface area (Å²) in [4.78, 5) is 12.7. The molecule has 112 valence electrons. The topological polar surface area (TPSA) is 29.5 Å². The molecule has 0 aromatic heterocycles. The van der Waals surface area contributed by atoms with Crippen molar-refractivity contribution in [1.82, 2.24) is 0 Å². The Balaban J connectivity index is 0.000000219. The summed E-state index contributed by atoms with van der Waals surface area (Å²) in [6.45, 7) is 0.298. The summed E-state index contributed by atoms with van der Waals surface area (Å²) >= 11 is 5.24. The largest absolute Gasteiger partial charge is 0.460 e. The Hall–Kier alpha value is -2.00. The molecule has 0 amide bonds. The molecule has 2 rings (SSSR count). The number of benzene rings is 2. The van der Waals surface area contributed by atoms with Crippen molar-refractivity contribution in [1.29, 1.82) is 0 Å². The molecule has 2 aromatic rings. The van der Waals surface area contributed by atoms with Crippen LogP contribution in [0.3, 0.4) is 0 Å². The number of esters is 1. The van der Waals surface area contributed by atoms with Gasteiger partial charge in [0.25, 0.3) is 0 Å². The number of ether oxygens (including phenoxy) is 1. The maximum Gasteiger partial charge on any atom is 0.321 e. The Morgan fingerprint density at radius 3 is 1.95 bits per heavy atom. The zero-order chi connectivity index (χ0) is 15.5. The molecule has 0 aliphatic carbocycles. The highest BCUT2D eigenvalue weighted by Gasteiger charge is 1.98. The SMILES string of the molecule is CN(C)c1ccccc1.O=C(CCl)OCc1ccccc1. The Morgan fingerprint density at radius 1 is 1.00 bits per heavy atom. The maximum atomic E-state index is 10.6. The van der Waals surface area contributed by atoms with Gasteiger partial charge in [0, 0.05) is 19.8 Å². The van der Waals surface area contributed by atoms with Crippen molar-refractivity contribution in [3.8, 4) is 0 Å². The van der Waals surface area contributed by atoms with Crippen molar-refractivity contribution in [3.05, 3.63) is 66.2 Å². The first-order valence-electron chi connectivity index (χ1n) is 6.61. The molecule has 0 aliphatic rings. The highest BCUT2D eigenvalue weighted by atomic mass is 35.5. The van der Waals surface area contributed by atoms with Crippen LogP contribution in [-0.4, -0.2) is 25.9 Å². The van der Waals surface area contributed by atoms with Crippen LogP contribution in [-0.2, 0) is 16.1 Å². The minimum Gasteiger partial charge on any atom is -0.460 e. The third-order valence-electron chi connectivity index (χ3n) is 2.62. The Bertz CT molecular complexity index is 515. The van der Waals surface area contributed by atoms with Gasteiger partial charge in [0.05, 0.1) is 0 Å². The Labute approximate surface area is 131 Å². The summed E-state index contributed by atoms with van der Waals surface area (Å²) in [7, 11) is 4.07. The average molecular weight is 306 g/mol. The van der Waals surface area contributed by atoms with Crippen molar-refractivity contribution >= 4 is 23.3 Å². The van der Waals surface area contributed by atoms with Gasteiger partial charge in [-0.3, -0.25) is 4.79 Å². The summed E-state index contributed by atoms with van der Waals surface area (Å²) in [5, 5.41) is 0. The lowest BCUT2D eigenvalue weighted by molar-refractivity contribution is -0.141. The molecule has 4 heteroatoms. The van der Waals surface area contributed by atoms with E-state index >= 15 is 0 Å². The number of hydrogen-bond acceptors (Lipinski definition) is 3. The van der Waals surface area contributed by atoms with Crippen molar-refractivity contribution in [2.75, 3.05) is 24.9 Å². The highest BCUT2D eigenvalue weighted by molar-refractivity contribution is 6.26. The monoisotopic (exact) mass is 305 g/mol. The molecular formula is C17H20ClNO2. The predicted octanol–water partition coefficient (Wildman–Crippen LogP) is 3.72. The van der Waals surface area contributed by atoms with Gasteiger partial charge in [0.2, 0.25) is 0 Å². The van der Waals surface area contributed by atoms with Crippen LogP contribution in [0, 0.1) is 0 Å². The van der Waals surface area contributed by atoms with E-state index in [1.165, 1.54) is 5.69 Å². The standard InChI is InChI=1S/C9H9ClO2.C8H11N/c10-6-9(11)12-7-8-4-2-1-3-5-8;1-9(2)8-6-4-3-5-7-8/h1-5H,6-7H2;3-7H,1-2H3. The van der Waals surface area contributed by atoms with Crippen LogP contribution in [0.4, 0.5) is 5.69 Å². The first-order chi connectivity index (χ1) is 10.1. The van der Waals surface area contributed by atoms with E-state index in [0.29, 0.717) is 6.61 Å². The molecule has 2 aromatic carbocycles. The van der Waals surface area contributed by atoms with E-state index in [0.717, 1.165) is 5.56 Å². The third kappa shape index (κ3) is 7.37. The second kappa shape index (κ2) is 9.83. The third-order valence-corrected chi connectivity index (χ3v) is 2.84. The van der Waals surface area contributed by atoms with Crippen molar-refractivity contribution in [2.45, 2.75) is 6.61 Å². The number of hydrogen-bond donors (Lipinski definition) is 0. The minimum absolute atomic E-state index is 0.0904. The summed E-state index contributed by atoms with van der Waals surface area (Å²) in [6.07, 6.45) is 0. The number of rotatable bonds is 4. The highest BCUT2D eigenvalue weighted by Crippen LogP contribution is 2.07. The van der Waals surface area contributed by atoms with E-state index in [-0.39, 0.29) is 11.8 Å². The van der Waals surface area contributed by atoms with Crippen LogP contribution >= 0.6 is 11.6 Å². The Morgan fingerprint density at radius 2 is 1.52 bits per heavy atom. The normalized spacial score (nSPS) is 9.29. The number of halogens is 1. The van der Waals surface area contributed by atoms with Crippen LogP contribution in [0.5, 0.6) is 0 Å². The summed E-state index contributed by atoms with van der Waals surface area (Å²) < 4.78 is 4.81. The summed E-state index contributed by atoms with van der Waals surface area (Å²) in [6, 6.07) is 19.7. The van der Waals surface area contributed by atoms with Crippen LogP contribution in [0.2, 0.25) is 0 Å². The predicted molar refractivity (Wildman–Crippen MR) is 87.7 cm³/mol. The Kier molecular flexibility index (Phi) is 7.99. The molecule has 0 unspecified atom stereocenters. The molecule has 0 N–H and O–H groups in total. The number of para-hydroxylation sites is 1. The van der Waals surface area contributed by atoms with E-state index in [9.17, 15) is 4.79 Å². The summed E-state index contributed by atoms with van der Waals surface area (Å²) in [5.74, 6) is -0.479. The van der Waals surface area contributed by atoms with Crippen LogP contribution < -0.4 is 4.90 Å². The maximum absolute atomic E-state index is 10.6. The van der Waals surface area contributed by atoms with Gasteiger partial charge in [0.15, 0.2) is 0 Å². The molecule has 0 spiro atoms. The van der Waals surface area contributed by atoms with E-state index in [1.54, 1.807) is 0 Å². The molecular weight excluding hydrogens is 286 g/mol. The lowest BCUT2D eigenvalue weighted by atomic mass is 10.2. The molecule has 0 bridgehead atoms. The molecule has 21 heavy (non-hydrogen) atoms. The zero-order valence-electron chi connectivity index (χ0n) is 12.3. The second-order valence-corrected chi connectivity index (χ2v) is 4.78. The van der Waals surface area contributed by atoms with Crippen molar-refractivity contribution in [3.63, 3.8) is 0 Å². The number of carbonyl (C=O) groups is 1. The van der Waals surface area contributed by atoms with Gasteiger partial charge in [-0.15, -0.1) is 11.6 Å². The lowest BCUT2D eigenvalue weighted by Crippen LogP contribution is -2.07. The first kappa shape index (κ1) is 17.1. The molecule has 3 nitrogen and oxygen atoms in total. The lowest BCUT2D eigenvalue weighted by Gasteiger charge is -2.10. The number of carbonyl (C=O) groups excluding carboxylic acids is 1. The fourth-order valence-electron chi connectivity index (χ4n) is 1.50. The zero-order valence-corrected chi connectivity index (χ0v) is 13.1. The van der Waals surface area contributed by atoms with Crippen LogP contribution in [0.25, 0.3) is 0 Å². The number of alkyl halides is 1. The molecule has 0 saturated carbocycles. The first-order valence-corrected chi connectivity index (χ1v) is 7.15. The van der Waals surface area contributed by atoms with Crippen LogP contribution in [0.15, 0.2) is 60.7 Å². The van der Waals surface area contributed by atoms with E-state index in [1.807, 2.05) is 62.6 Å².